The third-order valence-corrected chi connectivity index (χ3v) is 9.30. The second kappa shape index (κ2) is 7.95. The van der Waals surface area contributed by atoms with Gasteiger partial charge in [0.1, 0.15) is 5.75 Å². The second-order valence-corrected chi connectivity index (χ2v) is 11.3. The van der Waals surface area contributed by atoms with Gasteiger partial charge in [-0.05, 0) is 77.1 Å². The van der Waals surface area contributed by atoms with E-state index in [-0.39, 0.29) is 5.41 Å². The van der Waals surface area contributed by atoms with Gasteiger partial charge in [-0.1, -0.05) is 109 Å². The Morgan fingerprint density at radius 1 is 0.632 bits per heavy atom. The number of ether oxygens (including phenoxy) is 1. The molecule has 0 unspecified atom stereocenters. The number of hydrogen-bond acceptors (Lipinski definition) is 1. The lowest BCUT2D eigenvalue weighted by atomic mass is 9.60. The summed E-state index contributed by atoms with van der Waals surface area (Å²) in [6.07, 6.45) is 9.63. The molecule has 38 heavy (non-hydrogen) atoms. The molecule has 5 aromatic carbocycles. The van der Waals surface area contributed by atoms with Gasteiger partial charge in [-0.2, -0.15) is 0 Å². The van der Waals surface area contributed by atoms with E-state index in [0.717, 1.165) is 5.75 Å². The summed E-state index contributed by atoms with van der Waals surface area (Å²) in [5, 5.41) is 2.47. The molecule has 0 amide bonds. The molecule has 2 aliphatic carbocycles. The fourth-order valence-electron chi connectivity index (χ4n) is 7.47. The van der Waals surface area contributed by atoms with Gasteiger partial charge >= 0.3 is 0 Å². The Bertz CT molecular complexity index is 1700. The van der Waals surface area contributed by atoms with Crippen LogP contribution in [0.2, 0.25) is 0 Å². The zero-order valence-electron chi connectivity index (χ0n) is 21.7. The van der Waals surface area contributed by atoms with Crippen molar-refractivity contribution < 1.29 is 4.74 Å². The summed E-state index contributed by atoms with van der Waals surface area (Å²) in [7, 11) is 0. The first-order valence-electron chi connectivity index (χ1n) is 13.9. The minimum Gasteiger partial charge on any atom is -0.473 e. The van der Waals surface area contributed by atoms with Gasteiger partial charge in [-0.3, -0.25) is 0 Å². The quantitative estimate of drug-likeness (QED) is 0.227. The van der Waals surface area contributed by atoms with Crippen LogP contribution >= 0.6 is 0 Å². The first kappa shape index (κ1) is 21.9. The number of aryl methyl sites for hydroxylation is 1. The molecule has 3 aliphatic rings. The van der Waals surface area contributed by atoms with Crippen molar-refractivity contribution in [2.24, 2.45) is 0 Å². The van der Waals surface area contributed by atoms with Crippen LogP contribution in [0.15, 0.2) is 109 Å². The van der Waals surface area contributed by atoms with Gasteiger partial charge in [0.25, 0.3) is 0 Å². The van der Waals surface area contributed by atoms with Gasteiger partial charge in [0.2, 0.25) is 0 Å². The van der Waals surface area contributed by atoms with Crippen LogP contribution in [-0.2, 0) is 11.0 Å². The van der Waals surface area contributed by atoms with Crippen LogP contribution in [0.4, 0.5) is 0 Å². The van der Waals surface area contributed by atoms with Crippen molar-refractivity contribution >= 4 is 16.8 Å². The Labute approximate surface area is 224 Å². The van der Waals surface area contributed by atoms with Crippen molar-refractivity contribution in [3.8, 4) is 16.9 Å². The van der Waals surface area contributed by atoms with Crippen molar-refractivity contribution in [1.29, 1.82) is 0 Å². The van der Waals surface area contributed by atoms with E-state index < -0.39 is 5.60 Å². The zero-order valence-corrected chi connectivity index (χ0v) is 21.7. The Morgan fingerprint density at radius 2 is 1.26 bits per heavy atom. The molecule has 0 radical (unpaired) electrons. The van der Waals surface area contributed by atoms with Crippen LogP contribution in [-0.4, -0.2) is 0 Å². The van der Waals surface area contributed by atoms with Crippen molar-refractivity contribution in [1.82, 2.24) is 0 Å². The molecular formula is C37H30O. The van der Waals surface area contributed by atoms with Gasteiger partial charge in [0, 0.05) is 22.1 Å². The van der Waals surface area contributed by atoms with Crippen LogP contribution in [0.3, 0.4) is 0 Å². The highest BCUT2D eigenvalue weighted by atomic mass is 16.5. The lowest BCUT2D eigenvalue weighted by molar-refractivity contribution is 0.150. The van der Waals surface area contributed by atoms with Crippen molar-refractivity contribution in [2.75, 3.05) is 0 Å². The minimum absolute atomic E-state index is 0.103. The first-order chi connectivity index (χ1) is 18.7. The van der Waals surface area contributed by atoms with E-state index in [9.17, 15) is 0 Å². The van der Waals surface area contributed by atoms with Gasteiger partial charge in [-0.15, -0.1) is 0 Å². The van der Waals surface area contributed by atoms with Gasteiger partial charge in [0.15, 0.2) is 5.60 Å². The topological polar surface area (TPSA) is 9.23 Å². The predicted octanol–water partition coefficient (Wildman–Crippen LogP) is 9.34. The van der Waals surface area contributed by atoms with Crippen molar-refractivity contribution in [3.63, 3.8) is 0 Å². The first-order valence-corrected chi connectivity index (χ1v) is 13.9. The average Bonchev–Trinajstić information content (AvgIpc) is 3.47. The molecule has 2 spiro atoms. The number of rotatable bonds is 1. The molecule has 1 nitrogen and oxygen atoms in total. The Hall–Kier alpha value is -4.10. The van der Waals surface area contributed by atoms with E-state index in [1.54, 1.807) is 0 Å². The highest BCUT2D eigenvalue weighted by Crippen LogP contribution is 2.58. The summed E-state index contributed by atoms with van der Waals surface area (Å²) in [5.41, 5.74) is 9.94. The second-order valence-electron chi connectivity index (χ2n) is 11.3. The van der Waals surface area contributed by atoms with E-state index in [2.05, 4.69) is 122 Å². The molecule has 1 aliphatic heterocycles. The molecule has 0 atom stereocenters. The monoisotopic (exact) mass is 490 g/mol. The highest BCUT2D eigenvalue weighted by Gasteiger charge is 2.52. The predicted molar refractivity (Wildman–Crippen MR) is 157 cm³/mol. The van der Waals surface area contributed by atoms with E-state index in [0.29, 0.717) is 0 Å². The van der Waals surface area contributed by atoms with Crippen LogP contribution < -0.4 is 4.74 Å². The summed E-state index contributed by atoms with van der Waals surface area (Å²) in [6, 6.07) is 38.0. The Kier molecular flexibility index (Phi) is 4.59. The average molecular weight is 491 g/mol. The summed E-state index contributed by atoms with van der Waals surface area (Å²) in [5.74, 6) is 0.954. The maximum Gasteiger partial charge on any atom is 0.178 e. The molecule has 184 valence electrons. The normalized spacial score (nSPS) is 17.7. The molecule has 0 bridgehead atoms. The van der Waals surface area contributed by atoms with Crippen LogP contribution in [0.5, 0.6) is 5.75 Å². The molecular weight excluding hydrogens is 460 g/mol. The van der Waals surface area contributed by atoms with E-state index in [1.165, 1.54) is 81.0 Å². The Balaban J connectivity index is 1.29. The molecule has 1 fully saturated rings. The molecule has 0 N–H and O–H groups in total. The van der Waals surface area contributed by atoms with E-state index in [1.807, 2.05) is 0 Å². The molecule has 1 heterocycles. The summed E-state index contributed by atoms with van der Waals surface area (Å²) < 4.78 is 7.17. The van der Waals surface area contributed by atoms with Crippen molar-refractivity contribution in [3.05, 3.63) is 143 Å². The SMILES string of the molecule is Cc1ccc(-c2ccc3c4c(ccc3c2)OC2(C=C4)c3ccccc3C3(CCCC3)c3ccccc32)cc1. The smallest absolute Gasteiger partial charge is 0.178 e. The van der Waals surface area contributed by atoms with Gasteiger partial charge in [0.05, 0.1) is 0 Å². The van der Waals surface area contributed by atoms with Crippen LogP contribution in [0.1, 0.15) is 59.1 Å². The molecule has 8 rings (SSSR count). The maximum atomic E-state index is 7.17. The van der Waals surface area contributed by atoms with Crippen LogP contribution in [0.25, 0.3) is 28.0 Å². The minimum atomic E-state index is -0.608. The fourth-order valence-corrected chi connectivity index (χ4v) is 7.47. The molecule has 1 heteroatoms. The summed E-state index contributed by atoms with van der Waals surface area (Å²) >= 11 is 0. The summed E-state index contributed by atoms with van der Waals surface area (Å²) in [6.45, 7) is 2.13. The lowest BCUT2D eigenvalue weighted by Crippen LogP contribution is -2.44. The zero-order chi connectivity index (χ0) is 25.3. The van der Waals surface area contributed by atoms with E-state index in [4.69, 9.17) is 4.74 Å². The standard InChI is InChI=1S/C37H30O/c1-25-12-14-26(15-13-25)27-16-18-29-28(24-27)17-19-35-30(29)20-23-37(38-35)33-10-4-2-8-31(33)36(21-6-7-22-36)32-9-3-5-11-34(32)37/h2-5,8-20,23-24H,6-7,21-22H2,1H3. The number of benzene rings is 5. The lowest BCUT2D eigenvalue weighted by Gasteiger charge is -2.48. The fraction of sp³-hybridized carbons (Fsp3) is 0.189. The largest absolute Gasteiger partial charge is 0.473 e. The number of hydrogen-bond donors (Lipinski definition) is 0. The summed E-state index contributed by atoms with van der Waals surface area (Å²) in [4.78, 5) is 0. The maximum absolute atomic E-state index is 7.17. The molecule has 0 saturated heterocycles. The molecule has 0 aromatic heterocycles. The molecule has 5 aromatic rings. The Morgan fingerprint density at radius 3 is 1.95 bits per heavy atom. The third kappa shape index (κ3) is 2.93. The van der Waals surface area contributed by atoms with Crippen LogP contribution in [0, 0.1) is 6.92 Å². The highest BCUT2D eigenvalue weighted by molar-refractivity contribution is 5.96. The third-order valence-electron chi connectivity index (χ3n) is 9.30. The number of fused-ring (bicyclic) bond motifs is 9. The van der Waals surface area contributed by atoms with E-state index >= 15 is 0 Å². The van der Waals surface area contributed by atoms with Gasteiger partial charge in [-0.25, -0.2) is 0 Å². The van der Waals surface area contributed by atoms with Crippen molar-refractivity contribution in [2.45, 2.75) is 43.6 Å². The van der Waals surface area contributed by atoms with Gasteiger partial charge < -0.3 is 4.74 Å². The molecule has 1 saturated carbocycles.